The molecule has 0 N–H and O–H groups in total. The molecule has 0 radical (unpaired) electrons. The third-order valence-electron chi connectivity index (χ3n) is 2.83. The average molecular weight is 146 g/mol. The van der Waals surface area contributed by atoms with Crippen molar-refractivity contribution in [2.24, 2.45) is 11.3 Å². The van der Waals surface area contributed by atoms with E-state index in [0.29, 0.717) is 5.92 Å². The van der Waals surface area contributed by atoms with Crippen LogP contribution in [-0.4, -0.2) is 5.92 Å². The maximum Gasteiger partial charge on any atom is 0.249 e. The lowest BCUT2D eigenvalue weighted by atomic mass is 9.51. The van der Waals surface area contributed by atoms with Crippen LogP contribution < -0.4 is 0 Å². The number of hydrogen-bond donors (Lipinski definition) is 0. The summed E-state index contributed by atoms with van der Waals surface area (Å²) in [7, 11) is 0. The van der Waals surface area contributed by atoms with Crippen LogP contribution in [0.25, 0.3) is 0 Å². The molecule has 0 aliphatic heterocycles. The first kappa shape index (κ1) is 6.56. The second-order valence-electron chi connectivity index (χ2n) is 4.22. The van der Waals surface area contributed by atoms with E-state index in [1.54, 1.807) is 0 Å². The van der Waals surface area contributed by atoms with Gasteiger partial charge in [-0.05, 0) is 24.2 Å². The van der Waals surface area contributed by atoms with Gasteiger partial charge in [-0.15, -0.1) is 0 Å². The van der Waals surface area contributed by atoms with Gasteiger partial charge in [-0.1, -0.05) is 6.92 Å². The Morgan fingerprint density at radius 1 is 1.20 bits per heavy atom. The van der Waals surface area contributed by atoms with Gasteiger partial charge >= 0.3 is 0 Å². The topological polar surface area (TPSA) is 0 Å². The fraction of sp³-hybridized carbons (Fsp3) is 1.00. The van der Waals surface area contributed by atoms with Gasteiger partial charge < -0.3 is 0 Å². The average Bonchev–Trinajstić information content (AvgIpc) is 1.55. The van der Waals surface area contributed by atoms with Crippen molar-refractivity contribution in [2.45, 2.75) is 38.5 Å². The Kier molecular flexibility index (Phi) is 1.01. The molecule has 2 heteroatoms. The van der Waals surface area contributed by atoms with Crippen molar-refractivity contribution in [2.75, 3.05) is 0 Å². The molecule has 2 fully saturated rings. The highest BCUT2D eigenvalue weighted by atomic mass is 19.3. The molecule has 0 amide bonds. The van der Waals surface area contributed by atoms with Gasteiger partial charge in [0, 0.05) is 12.8 Å². The Labute approximate surface area is 59.6 Å². The van der Waals surface area contributed by atoms with Crippen molar-refractivity contribution >= 4 is 0 Å². The van der Waals surface area contributed by atoms with E-state index in [1.165, 1.54) is 0 Å². The standard InChI is InChI=1S/C8H12F2/c1-6-2-7(3-6)4-8(9,10)5-7/h6H,2-5H2,1H3. The second kappa shape index (κ2) is 1.54. The van der Waals surface area contributed by atoms with Crippen LogP contribution in [0, 0.1) is 11.3 Å². The highest BCUT2D eigenvalue weighted by Crippen LogP contribution is 2.64. The molecular formula is C8H12F2. The van der Waals surface area contributed by atoms with Crippen LogP contribution in [0.2, 0.25) is 0 Å². The van der Waals surface area contributed by atoms with Crippen molar-refractivity contribution in [1.29, 1.82) is 0 Å². The van der Waals surface area contributed by atoms with Crippen molar-refractivity contribution in [1.82, 2.24) is 0 Å². The van der Waals surface area contributed by atoms with E-state index in [1.807, 2.05) is 0 Å². The Morgan fingerprint density at radius 3 is 2.00 bits per heavy atom. The Bertz CT molecular complexity index is 147. The molecule has 2 saturated carbocycles. The van der Waals surface area contributed by atoms with Gasteiger partial charge in [0.05, 0.1) is 0 Å². The van der Waals surface area contributed by atoms with Crippen molar-refractivity contribution in [3.8, 4) is 0 Å². The molecule has 0 aromatic heterocycles. The lowest BCUT2D eigenvalue weighted by molar-refractivity contribution is -0.204. The summed E-state index contributed by atoms with van der Waals surface area (Å²) in [6, 6.07) is 0. The van der Waals surface area contributed by atoms with E-state index in [-0.39, 0.29) is 18.3 Å². The van der Waals surface area contributed by atoms with E-state index in [0.717, 1.165) is 12.8 Å². The van der Waals surface area contributed by atoms with Crippen LogP contribution >= 0.6 is 0 Å². The molecule has 0 unspecified atom stereocenters. The van der Waals surface area contributed by atoms with Crippen LogP contribution in [0.5, 0.6) is 0 Å². The summed E-state index contributed by atoms with van der Waals surface area (Å²) < 4.78 is 24.8. The second-order valence-corrected chi connectivity index (χ2v) is 4.22. The van der Waals surface area contributed by atoms with Crippen LogP contribution in [-0.2, 0) is 0 Å². The van der Waals surface area contributed by atoms with Crippen LogP contribution in [0.15, 0.2) is 0 Å². The molecule has 0 bridgehead atoms. The third kappa shape index (κ3) is 0.774. The zero-order valence-corrected chi connectivity index (χ0v) is 6.16. The van der Waals surface area contributed by atoms with Gasteiger partial charge in [0.25, 0.3) is 0 Å². The van der Waals surface area contributed by atoms with Crippen molar-refractivity contribution < 1.29 is 8.78 Å². The maximum absolute atomic E-state index is 12.4. The molecule has 10 heavy (non-hydrogen) atoms. The van der Waals surface area contributed by atoms with E-state index in [2.05, 4.69) is 6.92 Å². The number of alkyl halides is 2. The minimum Gasteiger partial charge on any atom is -0.207 e. The Hall–Kier alpha value is -0.140. The molecule has 0 heterocycles. The number of halogens is 2. The predicted octanol–water partition coefficient (Wildman–Crippen LogP) is 2.83. The molecule has 0 aromatic carbocycles. The normalized spacial score (nSPS) is 35.1. The lowest BCUT2D eigenvalue weighted by Gasteiger charge is -2.56. The minimum absolute atomic E-state index is 0.100. The molecule has 58 valence electrons. The zero-order valence-electron chi connectivity index (χ0n) is 6.16. The zero-order chi connectivity index (χ0) is 7.41. The molecule has 0 saturated heterocycles. The van der Waals surface area contributed by atoms with Gasteiger partial charge in [-0.3, -0.25) is 0 Å². The predicted molar refractivity (Wildman–Crippen MR) is 35.0 cm³/mol. The monoisotopic (exact) mass is 146 g/mol. The quantitative estimate of drug-likeness (QED) is 0.493. The highest BCUT2D eigenvalue weighted by Gasteiger charge is 2.60. The summed E-state index contributed by atoms with van der Waals surface area (Å²) in [4.78, 5) is 0. The molecule has 0 nitrogen and oxygen atoms in total. The summed E-state index contributed by atoms with van der Waals surface area (Å²) in [5.41, 5.74) is 0.100. The van der Waals surface area contributed by atoms with Crippen LogP contribution in [0.1, 0.15) is 32.6 Å². The van der Waals surface area contributed by atoms with Gasteiger partial charge in [-0.25, -0.2) is 8.78 Å². The van der Waals surface area contributed by atoms with Crippen LogP contribution in [0.4, 0.5) is 8.78 Å². The number of rotatable bonds is 0. The Morgan fingerprint density at radius 2 is 1.70 bits per heavy atom. The summed E-state index contributed by atoms with van der Waals surface area (Å²) in [5.74, 6) is -1.60. The van der Waals surface area contributed by atoms with Crippen molar-refractivity contribution in [3.63, 3.8) is 0 Å². The summed E-state index contributed by atoms with van der Waals surface area (Å²) >= 11 is 0. The SMILES string of the molecule is CC1CC2(C1)CC(F)(F)C2. The van der Waals surface area contributed by atoms with Gasteiger partial charge in [0.1, 0.15) is 0 Å². The fourth-order valence-electron chi connectivity index (χ4n) is 2.75. The molecule has 2 aliphatic carbocycles. The summed E-state index contributed by atoms with van der Waals surface area (Å²) in [6.45, 7) is 2.14. The maximum atomic E-state index is 12.4. The molecule has 1 spiro atoms. The molecular weight excluding hydrogens is 134 g/mol. The first-order chi connectivity index (χ1) is 4.52. The van der Waals surface area contributed by atoms with E-state index in [9.17, 15) is 8.78 Å². The van der Waals surface area contributed by atoms with Gasteiger partial charge in [-0.2, -0.15) is 0 Å². The first-order valence-corrected chi connectivity index (χ1v) is 3.89. The van der Waals surface area contributed by atoms with Gasteiger partial charge in [0.2, 0.25) is 5.92 Å². The first-order valence-electron chi connectivity index (χ1n) is 3.89. The molecule has 2 aliphatic rings. The van der Waals surface area contributed by atoms with Gasteiger partial charge in [0.15, 0.2) is 0 Å². The molecule has 0 atom stereocenters. The summed E-state index contributed by atoms with van der Waals surface area (Å²) in [6.07, 6.45) is 2.43. The van der Waals surface area contributed by atoms with E-state index >= 15 is 0 Å². The molecule has 2 rings (SSSR count). The minimum atomic E-state index is -2.31. The van der Waals surface area contributed by atoms with Crippen molar-refractivity contribution in [3.05, 3.63) is 0 Å². The molecule has 0 aromatic rings. The summed E-state index contributed by atoms with van der Waals surface area (Å²) in [5, 5.41) is 0. The van der Waals surface area contributed by atoms with E-state index in [4.69, 9.17) is 0 Å². The third-order valence-corrected chi connectivity index (χ3v) is 2.83. The number of hydrogen-bond acceptors (Lipinski definition) is 0. The van der Waals surface area contributed by atoms with E-state index < -0.39 is 5.92 Å². The van der Waals surface area contributed by atoms with Crippen LogP contribution in [0.3, 0.4) is 0 Å². The Balaban J connectivity index is 1.91. The fourth-order valence-corrected chi connectivity index (χ4v) is 2.75. The lowest BCUT2D eigenvalue weighted by Crippen LogP contribution is -2.52. The highest BCUT2D eigenvalue weighted by molar-refractivity contribution is 5.05. The largest absolute Gasteiger partial charge is 0.249 e. The smallest absolute Gasteiger partial charge is 0.207 e.